The van der Waals surface area contributed by atoms with E-state index in [0.29, 0.717) is 24.1 Å². The van der Waals surface area contributed by atoms with E-state index in [1.54, 1.807) is 18.2 Å². The molecule has 0 saturated heterocycles. The number of benzene rings is 2. The highest BCUT2D eigenvalue weighted by Crippen LogP contribution is 2.34. The van der Waals surface area contributed by atoms with Crippen molar-refractivity contribution in [3.05, 3.63) is 70.2 Å². The molecular weight excluding hydrogens is 478 g/mol. The Labute approximate surface area is 219 Å². The van der Waals surface area contributed by atoms with Crippen LogP contribution in [0.5, 0.6) is 17.4 Å². The minimum absolute atomic E-state index is 0.0149. The fourth-order valence-electron chi connectivity index (χ4n) is 4.00. The molecule has 0 bridgehead atoms. The van der Waals surface area contributed by atoms with Gasteiger partial charge in [0.25, 0.3) is 11.4 Å². The minimum atomic E-state index is -2.97. The summed E-state index contributed by atoms with van der Waals surface area (Å²) >= 11 is 0. The van der Waals surface area contributed by atoms with Crippen molar-refractivity contribution in [1.29, 1.82) is 0 Å². The maximum Gasteiger partial charge on any atom is 0.275 e. The Morgan fingerprint density at radius 3 is 2.62 bits per heavy atom. The van der Waals surface area contributed by atoms with E-state index in [4.69, 9.17) is 26.6 Å². The largest absolute Gasteiger partial charge is 0.494 e. The van der Waals surface area contributed by atoms with E-state index < -0.39 is 31.1 Å². The van der Waals surface area contributed by atoms with Crippen molar-refractivity contribution in [3.8, 4) is 34.5 Å². The van der Waals surface area contributed by atoms with Crippen molar-refractivity contribution in [2.45, 2.75) is 32.6 Å². The fraction of sp³-hybridized carbons (Fsp3) is 0.269. The van der Waals surface area contributed by atoms with Gasteiger partial charge in [0.05, 0.1) is 28.7 Å². The van der Waals surface area contributed by atoms with Crippen LogP contribution in [0.3, 0.4) is 0 Å². The molecule has 190 valence electrons. The quantitative estimate of drug-likeness (QED) is 0.309. The molecule has 2 aromatic carbocycles. The zero-order valence-corrected chi connectivity index (χ0v) is 19.6. The number of ether oxygens (including phenoxy) is 2. The Balaban J connectivity index is 1.68. The summed E-state index contributed by atoms with van der Waals surface area (Å²) in [6.45, 7) is 1.89. The summed E-state index contributed by atoms with van der Waals surface area (Å²) in [5.74, 6) is -1.85. The van der Waals surface area contributed by atoms with Crippen LogP contribution in [-0.2, 0) is 12.8 Å². The Kier molecular flexibility index (Phi) is 4.85. The summed E-state index contributed by atoms with van der Waals surface area (Å²) in [6.07, 6.45) is 1.38. The lowest BCUT2D eigenvalue weighted by molar-refractivity contribution is 0.388. The third kappa shape index (κ3) is 4.39. The zero-order valence-electron chi connectivity index (χ0n) is 25.6. The molecule has 11 heteroatoms. The summed E-state index contributed by atoms with van der Waals surface area (Å²) < 4.78 is 67.9. The number of nitrogens with zero attached hydrogens (tertiary/aromatic N) is 5. The first kappa shape index (κ1) is 17.7. The van der Waals surface area contributed by atoms with Gasteiger partial charge < -0.3 is 23.5 Å². The summed E-state index contributed by atoms with van der Waals surface area (Å²) in [5.41, 5.74) is -0.751. The lowest BCUT2D eigenvalue weighted by atomic mass is 10.2. The van der Waals surface area contributed by atoms with E-state index in [2.05, 4.69) is 20.3 Å². The van der Waals surface area contributed by atoms with E-state index in [-0.39, 0.29) is 47.6 Å². The average molecular weight is 510 g/mol. The lowest BCUT2D eigenvalue weighted by Crippen LogP contribution is -2.26. The van der Waals surface area contributed by atoms with Gasteiger partial charge in [-0.15, -0.1) is 10.2 Å². The van der Waals surface area contributed by atoms with Gasteiger partial charge in [-0.1, -0.05) is 36.7 Å². The van der Waals surface area contributed by atoms with Crippen molar-refractivity contribution in [3.63, 3.8) is 0 Å². The van der Waals surface area contributed by atoms with Crippen LogP contribution in [-0.4, -0.2) is 44.1 Å². The van der Waals surface area contributed by atoms with Gasteiger partial charge in [-0.05, 0) is 30.7 Å². The molecule has 37 heavy (non-hydrogen) atoms. The molecule has 11 nitrogen and oxygen atoms in total. The first-order valence-electron chi connectivity index (χ1n) is 14.4. The average Bonchev–Trinajstić information content (AvgIpc) is 3.54. The maximum absolute atomic E-state index is 14.1. The highest BCUT2D eigenvalue weighted by atomic mass is 16.5. The second-order valence-electron chi connectivity index (χ2n) is 8.08. The van der Waals surface area contributed by atoms with Crippen LogP contribution in [0.2, 0.25) is 0 Å². The second-order valence-corrected chi connectivity index (χ2v) is 8.08. The summed E-state index contributed by atoms with van der Waals surface area (Å²) in [5, 5.41) is 23.6. The number of aryl methyl sites for hydroxylation is 1. The summed E-state index contributed by atoms with van der Waals surface area (Å²) in [4.78, 5) is 18.3. The number of fused-ring (bicyclic) bond motifs is 1. The number of rotatable bonds is 9. The van der Waals surface area contributed by atoms with Crippen LogP contribution in [0, 0.1) is 0 Å². The van der Waals surface area contributed by atoms with Crippen LogP contribution in [0.1, 0.15) is 45.4 Å². The molecule has 0 spiro atoms. The van der Waals surface area contributed by atoms with Crippen molar-refractivity contribution in [1.82, 2.24) is 24.9 Å². The standard InChI is InChI=1S/C26H25N5O6/c1-4-5-13-20-27-24(32)22(26(33)31(20)23-18(34-2)11-8-12-19(23)35-3)25-29-28-21(36-25)14-16-15-9-6-7-10-17(15)37-30-16/h6-12,32H,4-5,13-14H2,1-3H3/i2D3,3D3. The monoisotopic (exact) mass is 509 g/mol. The predicted octanol–water partition coefficient (Wildman–Crippen LogP) is 4.08. The molecule has 0 aliphatic rings. The molecule has 0 saturated carbocycles. The fourth-order valence-corrected chi connectivity index (χ4v) is 4.00. The molecule has 3 heterocycles. The maximum atomic E-state index is 14.1. The Hall–Kier alpha value is -4.67. The van der Waals surface area contributed by atoms with Gasteiger partial charge in [0.15, 0.2) is 11.1 Å². The normalized spacial score (nSPS) is 14.3. The molecule has 0 fully saturated rings. The molecule has 5 rings (SSSR count). The molecule has 0 atom stereocenters. The number of aromatic nitrogens is 5. The smallest absolute Gasteiger partial charge is 0.275 e. The topological polar surface area (TPSA) is 139 Å². The Bertz CT molecular complexity index is 1790. The van der Waals surface area contributed by atoms with Gasteiger partial charge in [0.2, 0.25) is 11.8 Å². The SMILES string of the molecule is [2H]C([2H])([2H])Oc1cccc(OC([2H])([2H])[2H])c1-n1c(CCCC)nc(O)c(-c2nnc(Cc3noc4ccccc34)o2)c1=O. The molecule has 1 N–H and O–H groups in total. The highest BCUT2D eigenvalue weighted by Gasteiger charge is 2.26. The van der Waals surface area contributed by atoms with Crippen LogP contribution in [0.25, 0.3) is 28.1 Å². The molecule has 0 radical (unpaired) electrons. The van der Waals surface area contributed by atoms with Gasteiger partial charge in [0, 0.05) is 11.8 Å². The van der Waals surface area contributed by atoms with Crippen molar-refractivity contribution in [2.75, 3.05) is 14.1 Å². The Morgan fingerprint density at radius 2 is 1.86 bits per heavy atom. The van der Waals surface area contributed by atoms with Crippen LogP contribution in [0.15, 0.2) is 56.2 Å². The zero-order chi connectivity index (χ0) is 30.9. The van der Waals surface area contributed by atoms with Crippen molar-refractivity contribution >= 4 is 11.0 Å². The first-order valence-corrected chi connectivity index (χ1v) is 11.4. The summed E-state index contributed by atoms with van der Waals surface area (Å²) in [7, 11) is -5.94. The van der Waals surface area contributed by atoms with Crippen molar-refractivity contribution < 1.29 is 31.7 Å². The van der Waals surface area contributed by atoms with E-state index >= 15 is 0 Å². The van der Waals surface area contributed by atoms with Crippen molar-refractivity contribution in [2.24, 2.45) is 0 Å². The number of para-hydroxylation sites is 2. The van der Waals surface area contributed by atoms with Gasteiger partial charge in [-0.2, -0.15) is 4.98 Å². The highest BCUT2D eigenvalue weighted by molar-refractivity contribution is 5.79. The molecular formula is C26H25N5O6. The van der Waals surface area contributed by atoms with E-state index in [1.165, 1.54) is 18.2 Å². The van der Waals surface area contributed by atoms with Crippen LogP contribution < -0.4 is 15.0 Å². The number of hydrogen-bond donors (Lipinski definition) is 1. The van der Waals surface area contributed by atoms with Gasteiger partial charge in [-0.3, -0.25) is 9.36 Å². The van der Waals surface area contributed by atoms with Gasteiger partial charge >= 0.3 is 0 Å². The van der Waals surface area contributed by atoms with E-state index in [1.807, 2.05) is 13.0 Å². The number of unbranched alkanes of at least 4 members (excludes halogenated alkanes) is 1. The molecule has 0 aliphatic heterocycles. The summed E-state index contributed by atoms with van der Waals surface area (Å²) in [6, 6.07) is 11.0. The Morgan fingerprint density at radius 1 is 1.08 bits per heavy atom. The third-order valence-corrected chi connectivity index (χ3v) is 5.74. The first-order chi connectivity index (χ1) is 20.3. The number of hydrogen-bond acceptors (Lipinski definition) is 10. The molecule has 0 aliphatic carbocycles. The van der Waals surface area contributed by atoms with E-state index in [9.17, 15) is 9.90 Å². The second kappa shape index (κ2) is 10.1. The van der Waals surface area contributed by atoms with Gasteiger partial charge in [-0.25, -0.2) is 0 Å². The third-order valence-electron chi connectivity index (χ3n) is 5.74. The molecule has 0 amide bonds. The molecule has 5 aromatic rings. The minimum Gasteiger partial charge on any atom is -0.494 e. The van der Waals surface area contributed by atoms with Crippen LogP contribution in [0.4, 0.5) is 0 Å². The van der Waals surface area contributed by atoms with Gasteiger partial charge in [0.1, 0.15) is 28.7 Å². The molecule has 3 aromatic heterocycles. The molecule has 0 unspecified atom stereocenters. The number of methoxy groups -OCH3 is 2. The number of aromatic hydroxyl groups is 1. The van der Waals surface area contributed by atoms with E-state index in [0.717, 1.165) is 9.95 Å². The predicted molar refractivity (Wildman–Crippen MR) is 133 cm³/mol. The van der Waals surface area contributed by atoms with Crippen LogP contribution >= 0.6 is 0 Å². The lowest BCUT2D eigenvalue weighted by Gasteiger charge is -2.18.